The van der Waals surface area contributed by atoms with Crippen LogP contribution in [0.3, 0.4) is 0 Å². The number of anilines is 2. The Kier molecular flexibility index (Phi) is 7.77. The van der Waals surface area contributed by atoms with E-state index in [1.807, 2.05) is 4.90 Å². The number of thiocarbonyl (C=S) groups is 1. The first-order valence-electron chi connectivity index (χ1n) is 11.8. The van der Waals surface area contributed by atoms with Gasteiger partial charge in [-0.2, -0.15) is 13.2 Å². The average molecular weight is 511 g/mol. The van der Waals surface area contributed by atoms with Crippen LogP contribution in [-0.4, -0.2) is 47.0 Å². The molecule has 5 nitrogen and oxygen atoms in total. The van der Waals surface area contributed by atoms with Crippen molar-refractivity contribution in [3.05, 3.63) is 39.8 Å². The van der Waals surface area contributed by atoms with E-state index >= 15 is 0 Å². The fourth-order valence-electron chi connectivity index (χ4n) is 4.56. The number of carbonyl (C=O) groups excluding carboxylic acids is 1. The Morgan fingerprint density at radius 2 is 1.91 bits per heavy atom. The zero-order chi connectivity index (χ0) is 24.3. The predicted octanol–water partition coefficient (Wildman–Crippen LogP) is 6.32. The maximum atomic E-state index is 13.3. The van der Waals surface area contributed by atoms with E-state index in [0.29, 0.717) is 5.69 Å². The lowest BCUT2D eigenvalue weighted by Gasteiger charge is -2.33. The molecule has 0 saturated carbocycles. The SMILES string of the molecule is CCCC(=S)N1CCC(c2nc(C(=O)Nc3cc(C(F)(F)F)ccc3N3CCCC3)cs2)CC1. The fraction of sp³-hybridized carbons (Fsp3) is 0.542. The second-order valence-electron chi connectivity index (χ2n) is 8.85. The normalized spacial score (nSPS) is 17.3. The highest BCUT2D eigenvalue weighted by molar-refractivity contribution is 7.80. The van der Waals surface area contributed by atoms with E-state index in [2.05, 4.69) is 22.1 Å². The van der Waals surface area contributed by atoms with Crippen molar-refractivity contribution in [3.63, 3.8) is 0 Å². The van der Waals surface area contributed by atoms with Crippen LogP contribution in [0.5, 0.6) is 0 Å². The van der Waals surface area contributed by atoms with Crippen molar-refractivity contribution in [1.82, 2.24) is 9.88 Å². The van der Waals surface area contributed by atoms with Crippen LogP contribution in [0.25, 0.3) is 0 Å². The second-order valence-corrected chi connectivity index (χ2v) is 10.2. The summed E-state index contributed by atoms with van der Waals surface area (Å²) in [5, 5.41) is 5.30. The number of alkyl halides is 3. The number of hydrogen-bond acceptors (Lipinski definition) is 5. The van der Waals surface area contributed by atoms with E-state index in [-0.39, 0.29) is 17.3 Å². The van der Waals surface area contributed by atoms with Gasteiger partial charge in [-0.15, -0.1) is 11.3 Å². The zero-order valence-electron chi connectivity index (χ0n) is 19.2. The summed E-state index contributed by atoms with van der Waals surface area (Å²) < 4.78 is 40.0. The van der Waals surface area contributed by atoms with E-state index < -0.39 is 17.6 Å². The zero-order valence-corrected chi connectivity index (χ0v) is 20.8. The molecular formula is C24H29F3N4OS2. The number of aromatic nitrogens is 1. The van der Waals surface area contributed by atoms with E-state index in [1.54, 1.807) is 5.38 Å². The molecule has 2 fully saturated rings. The summed E-state index contributed by atoms with van der Waals surface area (Å²) in [6.07, 6.45) is 1.28. The maximum absolute atomic E-state index is 13.3. The molecule has 184 valence electrons. The molecule has 2 saturated heterocycles. The largest absolute Gasteiger partial charge is 0.416 e. The Hall–Kier alpha value is -2.20. The number of hydrogen-bond donors (Lipinski definition) is 1. The molecule has 0 aliphatic carbocycles. The summed E-state index contributed by atoms with van der Waals surface area (Å²) in [6.45, 7) is 5.40. The quantitative estimate of drug-likeness (QED) is 0.461. The number of benzene rings is 1. The lowest BCUT2D eigenvalue weighted by molar-refractivity contribution is -0.137. The first-order valence-corrected chi connectivity index (χ1v) is 13.1. The molecule has 4 rings (SSSR count). The number of thiazole rings is 1. The summed E-state index contributed by atoms with van der Waals surface area (Å²) >= 11 is 6.94. The molecule has 2 aliphatic heterocycles. The molecule has 0 radical (unpaired) electrons. The minimum Gasteiger partial charge on any atom is -0.370 e. The van der Waals surface area contributed by atoms with Crippen molar-refractivity contribution in [3.8, 4) is 0 Å². The van der Waals surface area contributed by atoms with Crippen molar-refractivity contribution in [2.75, 3.05) is 36.4 Å². The monoisotopic (exact) mass is 510 g/mol. The highest BCUT2D eigenvalue weighted by atomic mass is 32.1. The van der Waals surface area contributed by atoms with Gasteiger partial charge in [-0.05, 0) is 56.7 Å². The number of halogens is 3. The minimum absolute atomic E-state index is 0.175. The third-order valence-electron chi connectivity index (χ3n) is 6.43. The summed E-state index contributed by atoms with van der Waals surface area (Å²) in [4.78, 5) is 22.8. The van der Waals surface area contributed by atoms with Crippen molar-refractivity contribution >= 4 is 45.8 Å². The smallest absolute Gasteiger partial charge is 0.370 e. The highest BCUT2D eigenvalue weighted by Crippen LogP contribution is 2.37. The van der Waals surface area contributed by atoms with Crippen LogP contribution in [-0.2, 0) is 6.18 Å². The van der Waals surface area contributed by atoms with E-state index in [0.717, 1.165) is 86.8 Å². The molecule has 0 unspecified atom stereocenters. The molecule has 0 spiro atoms. The number of rotatable bonds is 6. The topological polar surface area (TPSA) is 48.5 Å². The molecule has 3 heterocycles. The van der Waals surface area contributed by atoms with E-state index in [1.165, 1.54) is 17.4 Å². The predicted molar refractivity (Wildman–Crippen MR) is 134 cm³/mol. The second kappa shape index (κ2) is 10.6. The van der Waals surface area contributed by atoms with Gasteiger partial charge in [-0.1, -0.05) is 19.1 Å². The number of likely N-dealkylation sites (tertiary alicyclic amines) is 1. The first-order chi connectivity index (χ1) is 16.3. The molecule has 1 amide bonds. The van der Waals surface area contributed by atoms with Gasteiger partial charge in [-0.3, -0.25) is 4.79 Å². The fourth-order valence-corrected chi connectivity index (χ4v) is 5.92. The molecule has 1 aromatic carbocycles. The van der Waals surface area contributed by atoms with Gasteiger partial charge >= 0.3 is 6.18 Å². The van der Waals surface area contributed by atoms with Crippen LogP contribution in [0.15, 0.2) is 23.6 Å². The molecule has 2 aromatic rings. The van der Waals surface area contributed by atoms with Gasteiger partial charge in [-0.25, -0.2) is 4.98 Å². The number of nitrogens with zero attached hydrogens (tertiary/aromatic N) is 3. The van der Waals surface area contributed by atoms with Gasteiger partial charge in [0.25, 0.3) is 5.91 Å². The first kappa shape index (κ1) is 24.9. The molecule has 1 N–H and O–H groups in total. The minimum atomic E-state index is -4.48. The van der Waals surface area contributed by atoms with Gasteiger partial charge in [0.05, 0.1) is 26.9 Å². The van der Waals surface area contributed by atoms with Crippen molar-refractivity contribution in [1.29, 1.82) is 0 Å². The van der Waals surface area contributed by atoms with Crippen LogP contribution >= 0.6 is 23.6 Å². The van der Waals surface area contributed by atoms with Gasteiger partial charge < -0.3 is 15.1 Å². The number of carbonyl (C=O) groups is 1. The molecule has 0 atom stereocenters. The van der Waals surface area contributed by atoms with Crippen molar-refractivity contribution in [2.45, 2.75) is 57.5 Å². The van der Waals surface area contributed by atoms with E-state index in [9.17, 15) is 18.0 Å². The molecule has 0 bridgehead atoms. The summed E-state index contributed by atoms with van der Waals surface area (Å²) in [5.74, 6) is -0.218. The lowest BCUT2D eigenvalue weighted by Crippen LogP contribution is -2.36. The van der Waals surface area contributed by atoms with Crippen LogP contribution in [0.4, 0.5) is 24.5 Å². The van der Waals surface area contributed by atoms with Gasteiger partial charge in [0.15, 0.2) is 0 Å². The summed E-state index contributed by atoms with van der Waals surface area (Å²) in [7, 11) is 0. The van der Waals surface area contributed by atoms with Crippen LogP contribution in [0.1, 0.15) is 72.4 Å². The Morgan fingerprint density at radius 1 is 1.21 bits per heavy atom. The molecular weight excluding hydrogens is 481 g/mol. The molecule has 2 aliphatic rings. The maximum Gasteiger partial charge on any atom is 0.416 e. The van der Waals surface area contributed by atoms with Crippen molar-refractivity contribution in [2.24, 2.45) is 0 Å². The standard InChI is InChI=1S/C24H29F3N4OS2/c1-2-5-21(33)31-12-8-16(9-13-31)23-29-19(15-34-23)22(32)28-18-14-17(24(25,26)27)6-7-20(18)30-10-3-4-11-30/h6-7,14-16H,2-5,8-13H2,1H3,(H,28,32). The average Bonchev–Trinajstić information content (AvgIpc) is 3.51. The third kappa shape index (κ3) is 5.71. The van der Waals surface area contributed by atoms with Crippen LogP contribution in [0, 0.1) is 0 Å². The lowest BCUT2D eigenvalue weighted by atomic mass is 9.97. The molecule has 34 heavy (non-hydrogen) atoms. The summed E-state index contributed by atoms with van der Waals surface area (Å²) in [5.41, 5.74) is 0.255. The summed E-state index contributed by atoms with van der Waals surface area (Å²) in [6, 6.07) is 3.55. The van der Waals surface area contributed by atoms with Crippen molar-refractivity contribution < 1.29 is 18.0 Å². The van der Waals surface area contributed by atoms with Crippen LogP contribution in [0.2, 0.25) is 0 Å². The Labute approximate surface area is 207 Å². The van der Waals surface area contributed by atoms with E-state index in [4.69, 9.17) is 12.2 Å². The van der Waals surface area contributed by atoms with Gasteiger partial charge in [0.1, 0.15) is 5.69 Å². The molecule has 1 aromatic heterocycles. The Bertz CT molecular complexity index is 1030. The Balaban J connectivity index is 1.46. The van der Waals surface area contributed by atoms with Gasteiger partial charge in [0, 0.05) is 37.5 Å². The number of nitrogens with one attached hydrogen (secondary N) is 1. The third-order valence-corrected chi connectivity index (χ3v) is 7.90. The number of piperidine rings is 1. The number of amides is 1. The highest BCUT2D eigenvalue weighted by Gasteiger charge is 2.32. The van der Waals surface area contributed by atoms with Crippen LogP contribution < -0.4 is 10.2 Å². The molecule has 10 heteroatoms. The van der Waals surface area contributed by atoms with Gasteiger partial charge in [0.2, 0.25) is 0 Å². The Morgan fingerprint density at radius 3 is 2.56 bits per heavy atom.